The summed E-state index contributed by atoms with van der Waals surface area (Å²) in [6.07, 6.45) is 4.71. The van der Waals surface area contributed by atoms with E-state index in [0.29, 0.717) is 17.3 Å². The number of sulfonamides is 1. The summed E-state index contributed by atoms with van der Waals surface area (Å²) in [5.74, 6) is 0.564. The second-order valence-corrected chi connectivity index (χ2v) is 9.36. The van der Waals surface area contributed by atoms with Gasteiger partial charge in [-0.3, -0.25) is 9.71 Å². The van der Waals surface area contributed by atoms with Crippen molar-refractivity contribution in [1.82, 2.24) is 15.0 Å². The molecular weight excluding hydrogens is 469 g/mol. The third kappa shape index (κ3) is 5.73. The second kappa shape index (κ2) is 10.3. The Morgan fingerprint density at radius 2 is 2.00 bits per heavy atom. The summed E-state index contributed by atoms with van der Waals surface area (Å²) >= 11 is 13.4. The number of ether oxygens (including phenoxy) is 1. The highest BCUT2D eigenvalue weighted by atomic mass is 35.5. The lowest BCUT2D eigenvalue weighted by molar-refractivity contribution is 0.292. The number of thioether (sulfide) groups is 1. The Kier molecular flexibility index (Phi) is 7.73. The number of nitrogens with zero attached hydrogens (tertiary/aromatic N) is 3. The maximum Gasteiger partial charge on any atom is 0.264 e. The number of nitrogens with one attached hydrogen (secondary N) is 1. The minimum absolute atomic E-state index is 0.0163. The Balaban J connectivity index is 1.91. The minimum atomic E-state index is -4.09. The van der Waals surface area contributed by atoms with Crippen LogP contribution in [0.5, 0.6) is 5.88 Å². The fourth-order valence-electron chi connectivity index (χ4n) is 2.27. The summed E-state index contributed by atoms with van der Waals surface area (Å²) in [6.45, 7) is 0.583. The van der Waals surface area contributed by atoms with Gasteiger partial charge in [0.25, 0.3) is 15.9 Å². The topological polar surface area (TPSA) is 120 Å². The highest BCUT2D eigenvalue weighted by molar-refractivity contribution is 7.99. The molecule has 0 unspecified atom stereocenters. The van der Waals surface area contributed by atoms with E-state index in [0.717, 1.165) is 5.56 Å². The Morgan fingerprint density at radius 1 is 1.17 bits per heavy atom. The molecule has 0 saturated carbocycles. The fraction of sp³-hybridized carbons (Fsp3) is 0.167. The van der Waals surface area contributed by atoms with E-state index < -0.39 is 10.0 Å². The van der Waals surface area contributed by atoms with Gasteiger partial charge in [-0.1, -0.05) is 35.3 Å². The lowest BCUT2D eigenvalue weighted by atomic mass is 10.3. The number of aromatic nitrogens is 3. The van der Waals surface area contributed by atoms with Crippen LogP contribution >= 0.6 is 35.0 Å². The summed E-state index contributed by atoms with van der Waals surface area (Å²) in [6, 6.07) is 7.91. The lowest BCUT2D eigenvalue weighted by Gasteiger charge is -2.14. The lowest BCUT2D eigenvalue weighted by Crippen LogP contribution is -2.16. The molecule has 8 nitrogen and oxygen atoms in total. The number of hydrogen-bond acceptors (Lipinski definition) is 8. The van der Waals surface area contributed by atoms with Gasteiger partial charge in [0, 0.05) is 30.3 Å². The zero-order valence-corrected chi connectivity index (χ0v) is 18.6. The van der Waals surface area contributed by atoms with Crippen LogP contribution in [0.3, 0.4) is 0 Å². The molecule has 0 spiro atoms. The third-order valence-corrected chi connectivity index (χ3v) is 6.87. The van der Waals surface area contributed by atoms with Gasteiger partial charge in [0.1, 0.15) is 16.5 Å². The van der Waals surface area contributed by atoms with Crippen molar-refractivity contribution in [3.05, 3.63) is 64.5 Å². The molecule has 3 rings (SSSR count). The Hall–Kier alpha value is -2.11. The average molecular weight is 486 g/mol. The van der Waals surface area contributed by atoms with Gasteiger partial charge in [-0.2, -0.15) is 0 Å². The Labute approximate surface area is 188 Å². The van der Waals surface area contributed by atoms with Gasteiger partial charge >= 0.3 is 0 Å². The molecule has 3 aromatic rings. The van der Waals surface area contributed by atoms with Crippen LogP contribution in [0.15, 0.2) is 58.8 Å². The predicted octanol–water partition coefficient (Wildman–Crippen LogP) is 3.61. The number of halogens is 2. The molecule has 0 aliphatic carbocycles. The number of hydrogen-bond donors (Lipinski definition) is 2. The molecule has 2 heterocycles. The molecule has 12 heteroatoms. The van der Waals surface area contributed by atoms with E-state index in [1.807, 2.05) is 6.07 Å². The summed E-state index contributed by atoms with van der Waals surface area (Å²) < 4.78 is 33.8. The molecule has 1 aromatic carbocycles. The van der Waals surface area contributed by atoms with Crippen molar-refractivity contribution in [3.8, 4) is 5.88 Å². The van der Waals surface area contributed by atoms with Crippen LogP contribution in [0.4, 0.5) is 5.82 Å². The zero-order valence-electron chi connectivity index (χ0n) is 15.5. The zero-order chi connectivity index (χ0) is 21.6. The molecule has 0 fully saturated rings. The first-order chi connectivity index (χ1) is 14.4. The molecule has 0 radical (unpaired) electrons. The van der Waals surface area contributed by atoms with Crippen LogP contribution in [0.25, 0.3) is 0 Å². The maximum atomic E-state index is 12.8. The normalized spacial score (nSPS) is 11.3. The molecule has 0 saturated heterocycles. The molecule has 158 valence electrons. The number of nitrogens with two attached hydrogens (primary N) is 1. The van der Waals surface area contributed by atoms with Gasteiger partial charge in [-0.15, -0.1) is 11.8 Å². The summed E-state index contributed by atoms with van der Waals surface area (Å²) in [5, 5.41) is 0.574. The average Bonchev–Trinajstić information content (AvgIpc) is 2.74. The smallest absolute Gasteiger partial charge is 0.264 e. The predicted molar refractivity (Wildman–Crippen MR) is 118 cm³/mol. The van der Waals surface area contributed by atoms with Crippen molar-refractivity contribution >= 4 is 50.8 Å². The number of rotatable bonds is 9. The van der Waals surface area contributed by atoms with Crippen molar-refractivity contribution in [2.24, 2.45) is 5.73 Å². The first-order valence-corrected chi connectivity index (χ1v) is 11.8. The summed E-state index contributed by atoms with van der Waals surface area (Å²) in [5.41, 5.74) is 6.31. The van der Waals surface area contributed by atoms with Crippen LogP contribution in [0.2, 0.25) is 10.0 Å². The maximum absolute atomic E-state index is 12.8. The molecule has 30 heavy (non-hydrogen) atoms. The first kappa shape index (κ1) is 22.6. The van der Waals surface area contributed by atoms with Gasteiger partial charge in [0.05, 0.1) is 16.2 Å². The third-order valence-electron chi connectivity index (χ3n) is 3.62. The van der Waals surface area contributed by atoms with Crippen molar-refractivity contribution in [2.75, 3.05) is 17.0 Å². The summed E-state index contributed by atoms with van der Waals surface area (Å²) in [7, 11) is -4.09. The monoisotopic (exact) mass is 485 g/mol. The fourth-order valence-corrected chi connectivity index (χ4v) is 4.64. The Morgan fingerprint density at radius 3 is 2.73 bits per heavy atom. The molecule has 0 aliphatic heterocycles. The largest absolute Gasteiger partial charge is 0.470 e. The van der Waals surface area contributed by atoms with Crippen molar-refractivity contribution in [3.63, 3.8) is 0 Å². The highest BCUT2D eigenvalue weighted by Crippen LogP contribution is 2.32. The van der Waals surface area contributed by atoms with E-state index >= 15 is 0 Å². The number of benzene rings is 1. The first-order valence-electron chi connectivity index (χ1n) is 8.59. The van der Waals surface area contributed by atoms with Gasteiger partial charge in [-0.05, 0) is 18.2 Å². The molecule has 0 amide bonds. The van der Waals surface area contributed by atoms with E-state index in [1.54, 1.807) is 18.5 Å². The van der Waals surface area contributed by atoms with Gasteiger partial charge in [0.2, 0.25) is 5.82 Å². The van der Waals surface area contributed by atoms with Crippen LogP contribution < -0.4 is 15.2 Å². The van der Waals surface area contributed by atoms with E-state index in [-0.39, 0.29) is 33.2 Å². The molecule has 2 aromatic heterocycles. The van der Waals surface area contributed by atoms with Gasteiger partial charge < -0.3 is 10.5 Å². The standard InChI is InChI=1S/C18H17Cl2N5O3S2/c19-13-4-1-5-14(16(13)20)30(26,27)25-17-18(24-15(10-23-17)29-8-6-21)28-11-12-3-2-7-22-9-12/h1-5,7,9-10H,6,8,11,21H2,(H,23,25). The molecule has 0 bridgehead atoms. The van der Waals surface area contributed by atoms with E-state index in [2.05, 4.69) is 19.7 Å². The van der Waals surface area contributed by atoms with Gasteiger partial charge in [-0.25, -0.2) is 18.4 Å². The van der Waals surface area contributed by atoms with Crippen molar-refractivity contribution < 1.29 is 13.2 Å². The SMILES string of the molecule is NCCSc1cnc(NS(=O)(=O)c2cccc(Cl)c2Cl)c(OCc2cccnc2)n1. The highest BCUT2D eigenvalue weighted by Gasteiger charge is 2.23. The van der Waals surface area contributed by atoms with Crippen LogP contribution in [-0.2, 0) is 16.6 Å². The van der Waals surface area contributed by atoms with E-state index in [1.165, 1.54) is 36.2 Å². The molecule has 3 N–H and O–H groups in total. The second-order valence-electron chi connectivity index (χ2n) is 5.81. The molecule has 0 aliphatic rings. The van der Waals surface area contributed by atoms with Gasteiger partial charge in [0.15, 0.2) is 0 Å². The van der Waals surface area contributed by atoms with E-state index in [4.69, 9.17) is 33.7 Å². The van der Waals surface area contributed by atoms with Crippen molar-refractivity contribution in [1.29, 1.82) is 0 Å². The van der Waals surface area contributed by atoms with Crippen LogP contribution in [-0.4, -0.2) is 35.7 Å². The Bertz CT molecular complexity index is 1120. The minimum Gasteiger partial charge on any atom is -0.470 e. The number of anilines is 1. The van der Waals surface area contributed by atoms with Crippen molar-refractivity contribution in [2.45, 2.75) is 16.5 Å². The number of pyridine rings is 1. The van der Waals surface area contributed by atoms with Crippen LogP contribution in [0, 0.1) is 0 Å². The van der Waals surface area contributed by atoms with Crippen LogP contribution in [0.1, 0.15) is 5.56 Å². The summed E-state index contributed by atoms with van der Waals surface area (Å²) in [4.78, 5) is 12.4. The quantitative estimate of drug-likeness (QED) is 0.440. The molecule has 0 atom stereocenters. The van der Waals surface area contributed by atoms with E-state index in [9.17, 15) is 8.42 Å². The molecular formula is C18H17Cl2N5O3S2.